The quantitative estimate of drug-likeness (QED) is 0.912. The Bertz CT molecular complexity index is 531. The lowest BCUT2D eigenvalue weighted by Gasteiger charge is -2.32. The molecule has 1 N–H and O–H groups in total. The van der Waals surface area contributed by atoms with Crippen LogP contribution in [0.5, 0.6) is 0 Å². The predicted molar refractivity (Wildman–Crippen MR) is 83.2 cm³/mol. The van der Waals surface area contributed by atoms with Crippen molar-refractivity contribution in [1.29, 1.82) is 0 Å². The first-order valence-electron chi connectivity index (χ1n) is 8.20. The first-order chi connectivity index (χ1) is 10.0. The first kappa shape index (κ1) is 14.5. The van der Waals surface area contributed by atoms with Gasteiger partial charge in [0.25, 0.3) is 0 Å². The number of hydrogen-bond acceptors (Lipinski definition) is 3. The second kappa shape index (κ2) is 5.74. The molecule has 0 unspecified atom stereocenters. The van der Waals surface area contributed by atoms with Crippen LogP contribution in [0.15, 0.2) is 6.07 Å². The summed E-state index contributed by atoms with van der Waals surface area (Å²) < 4.78 is 0. The first-order valence-corrected chi connectivity index (χ1v) is 8.20. The van der Waals surface area contributed by atoms with Crippen molar-refractivity contribution in [2.45, 2.75) is 71.1 Å². The van der Waals surface area contributed by atoms with E-state index in [2.05, 4.69) is 22.2 Å². The Labute approximate surface area is 126 Å². The molecule has 0 aliphatic heterocycles. The van der Waals surface area contributed by atoms with Gasteiger partial charge in [0.1, 0.15) is 0 Å². The molecule has 4 heteroatoms. The van der Waals surface area contributed by atoms with Gasteiger partial charge in [0.05, 0.1) is 0 Å². The van der Waals surface area contributed by atoms with Crippen LogP contribution in [0, 0.1) is 12.3 Å². The smallest absolute Gasteiger partial charge is 0.229 e. The molecule has 2 fully saturated rings. The van der Waals surface area contributed by atoms with E-state index in [1.54, 1.807) is 0 Å². The average molecular weight is 287 g/mol. The molecule has 1 aromatic heterocycles. The van der Waals surface area contributed by atoms with Crippen molar-refractivity contribution in [3.05, 3.63) is 17.5 Å². The maximum absolute atomic E-state index is 12.3. The van der Waals surface area contributed by atoms with Crippen molar-refractivity contribution in [1.82, 2.24) is 9.97 Å². The Balaban J connectivity index is 1.64. The fourth-order valence-corrected chi connectivity index (χ4v) is 3.38. The average Bonchev–Trinajstić information content (AvgIpc) is 3.22. The zero-order valence-electron chi connectivity index (χ0n) is 13.1. The highest BCUT2D eigenvalue weighted by atomic mass is 16.1. The summed E-state index contributed by atoms with van der Waals surface area (Å²) in [6.07, 6.45) is 9.12. The molecule has 2 aliphatic rings. The second-order valence-electron chi connectivity index (χ2n) is 7.13. The Hall–Kier alpha value is -1.45. The van der Waals surface area contributed by atoms with Gasteiger partial charge in [-0.3, -0.25) is 10.1 Å². The molecule has 1 aromatic rings. The highest BCUT2D eigenvalue weighted by molar-refractivity contribution is 5.89. The highest BCUT2D eigenvalue weighted by Gasteiger charge is 2.30. The van der Waals surface area contributed by atoms with Crippen molar-refractivity contribution in [3.8, 4) is 0 Å². The Kier molecular flexibility index (Phi) is 3.96. The van der Waals surface area contributed by atoms with Crippen molar-refractivity contribution >= 4 is 11.9 Å². The highest BCUT2D eigenvalue weighted by Crippen LogP contribution is 2.40. The van der Waals surface area contributed by atoms with Gasteiger partial charge in [-0.2, -0.15) is 0 Å². The van der Waals surface area contributed by atoms with Crippen LogP contribution in [0.3, 0.4) is 0 Å². The number of aryl methyl sites for hydroxylation is 1. The lowest BCUT2D eigenvalue weighted by atomic mass is 9.73. The van der Waals surface area contributed by atoms with E-state index in [0.29, 0.717) is 18.3 Å². The van der Waals surface area contributed by atoms with Crippen molar-refractivity contribution in [2.75, 3.05) is 5.32 Å². The Morgan fingerprint density at radius 1 is 1.29 bits per heavy atom. The van der Waals surface area contributed by atoms with E-state index in [0.717, 1.165) is 24.2 Å². The van der Waals surface area contributed by atoms with E-state index >= 15 is 0 Å². The van der Waals surface area contributed by atoms with Gasteiger partial charge in [-0.1, -0.05) is 26.2 Å². The van der Waals surface area contributed by atoms with Crippen LogP contribution < -0.4 is 5.32 Å². The van der Waals surface area contributed by atoms with Crippen molar-refractivity contribution < 1.29 is 4.79 Å². The molecule has 0 bridgehead atoms. The van der Waals surface area contributed by atoms with Crippen LogP contribution in [0.25, 0.3) is 0 Å². The van der Waals surface area contributed by atoms with E-state index < -0.39 is 0 Å². The fourth-order valence-electron chi connectivity index (χ4n) is 3.38. The molecule has 1 amide bonds. The summed E-state index contributed by atoms with van der Waals surface area (Å²) in [5, 5.41) is 2.92. The molecule has 0 saturated heterocycles. The number of hydrogen-bond donors (Lipinski definition) is 1. The molecule has 1 heterocycles. The monoisotopic (exact) mass is 287 g/mol. The summed E-state index contributed by atoms with van der Waals surface area (Å²) >= 11 is 0. The molecule has 2 aliphatic carbocycles. The molecule has 0 spiro atoms. The number of carbonyl (C=O) groups is 1. The van der Waals surface area contributed by atoms with E-state index in [1.165, 1.54) is 32.1 Å². The molecule has 21 heavy (non-hydrogen) atoms. The van der Waals surface area contributed by atoms with Gasteiger partial charge < -0.3 is 0 Å². The second-order valence-corrected chi connectivity index (χ2v) is 7.13. The van der Waals surface area contributed by atoms with Gasteiger partial charge in [0.15, 0.2) is 0 Å². The molecular weight excluding hydrogens is 262 g/mol. The van der Waals surface area contributed by atoms with E-state index in [-0.39, 0.29) is 11.3 Å². The van der Waals surface area contributed by atoms with Crippen LogP contribution in [-0.4, -0.2) is 15.9 Å². The van der Waals surface area contributed by atoms with E-state index in [9.17, 15) is 4.79 Å². The Morgan fingerprint density at radius 2 is 2.00 bits per heavy atom. The summed E-state index contributed by atoms with van der Waals surface area (Å²) in [4.78, 5) is 21.2. The zero-order chi connectivity index (χ0) is 14.9. The van der Waals surface area contributed by atoms with Crippen LogP contribution in [-0.2, 0) is 4.79 Å². The van der Waals surface area contributed by atoms with Gasteiger partial charge in [-0.25, -0.2) is 9.97 Å². The summed E-state index contributed by atoms with van der Waals surface area (Å²) in [6, 6.07) is 2.04. The van der Waals surface area contributed by atoms with Crippen LogP contribution in [0.2, 0.25) is 0 Å². The van der Waals surface area contributed by atoms with Gasteiger partial charge in [-0.05, 0) is 44.1 Å². The molecule has 2 saturated carbocycles. The summed E-state index contributed by atoms with van der Waals surface area (Å²) in [6.45, 7) is 4.20. The van der Waals surface area contributed by atoms with E-state index in [4.69, 9.17) is 0 Å². The Morgan fingerprint density at radius 3 is 2.67 bits per heavy atom. The minimum Gasteiger partial charge on any atom is -0.294 e. The number of anilines is 1. The molecular formula is C17H25N3O. The third-order valence-corrected chi connectivity index (χ3v) is 4.77. The number of carbonyl (C=O) groups excluding carboxylic acids is 1. The molecule has 0 radical (unpaired) electrons. The third-order valence-electron chi connectivity index (χ3n) is 4.77. The number of rotatable bonds is 4. The van der Waals surface area contributed by atoms with Crippen LogP contribution in [0.1, 0.15) is 75.6 Å². The summed E-state index contributed by atoms with van der Waals surface area (Å²) in [7, 11) is 0. The molecule has 4 nitrogen and oxygen atoms in total. The van der Waals surface area contributed by atoms with Gasteiger partial charge in [-0.15, -0.1) is 0 Å². The van der Waals surface area contributed by atoms with Crippen LogP contribution in [0.4, 0.5) is 5.95 Å². The maximum atomic E-state index is 12.3. The normalized spacial score (nSPS) is 21.0. The summed E-state index contributed by atoms with van der Waals surface area (Å²) in [5.74, 6) is 1.13. The number of nitrogens with one attached hydrogen (secondary N) is 1. The third kappa shape index (κ3) is 3.80. The predicted octanol–water partition coefficient (Wildman–Crippen LogP) is 3.96. The van der Waals surface area contributed by atoms with Crippen molar-refractivity contribution in [3.63, 3.8) is 0 Å². The van der Waals surface area contributed by atoms with E-state index in [1.807, 2.05) is 13.0 Å². The number of aromatic nitrogens is 2. The minimum atomic E-state index is 0.0618. The van der Waals surface area contributed by atoms with Gasteiger partial charge in [0, 0.05) is 23.7 Å². The van der Waals surface area contributed by atoms with Gasteiger partial charge in [0.2, 0.25) is 11.9 Å². The fraction of sp³-hybridized carbons (Fsp3) is 0.706. The molecule has 0 atom stereocenters. The largest absolute Gasteiger partial charge is 0.294 e. The lowest BCUT2D eigenvalue weighted by Crippen LogP contribution is -2.27. The number of nitrogens with zero attached hydrogens (tertiary/aromatic N) is 2. The molecule has 3 rings (SSSR count). The van der Waals surface area contributed by atoms with Crippen molar-refractivity contribution in [2.24, 2.45) is 5.41 Å². The lowest BCUT2D eigenvalue weighted by molar-refractivity contribution is -0.118. The maximum Gasteiger partial charge on any atom is 0.229 e. The van der Waals surface area contributed by atoms with Gasteiger partial charge >= 0.3 is 0 Å². The summed E-state index contributed by atoms with van der Waals surface area (Å²) in [5.41, 5.74) is 2.18. The van der Waals surface area contributed by atoms with Crippen LogP contribution >= 0.6 is 0 Å². The minimum absolute atomic E-state index is 0.0618. The molecule has 0 aromatic carbocycles. The zero-order valence-corrected chi connectivity index (χ0v) is 13.1. The SMILES string of the molecule is Cc1cc(C2CC2)nc(NC(=O)CC2(C)CCCCC2)n1. The number of amides is 1. The topological polar surface area (TPSA) is 54.9 Å². The standard InChI is InChI=1S/C17H25N3O/c1-12-10-14(13-6-7-13)19-16(18-12)20-15(21)11-17(2)8-4-3-5-9-17/h10,13H,3-9,11H2,1-2H3,(H,18,19,20,21). The molecule has 114 valence electrons.